The molecule has 0 amide bonds. The van der Waals surface area contributed by atoms with Crippen molar-refractivity contribution in [2.45, 2.75) is 39.5 Å². The molecular weight excluding hydrogens is 300 g/mol. The number of hydrogen-bond acceptors (Lipinski definition) is 4. The highest BCUT2D eigenvalue weighted by atomic mass is 16.1. The first-order chi connectivity index (χ1) is 11.5. The molecule has 3 rings (SSSR count). The van der Waals surface area contributed by atoms with E-state index in [1.165, 1.54) is 0 Å². The second-order valence-electron chi connectivity index (χ2n) is 6.24. The maximum atomic E-state index is 13.0. The van der Waals surface area contributed by atoms with Crippen LogP contribution in [0.3, 0.4) is 0 Å². The summed E-state index contributed by atoms with van der Waals surface area (Å²) in [4.78, 5) is 25.9. The van der Waals surface area contributed by atoms with Crippen molar-refractivity contribution < 1.29 is 9.59 Å². The summed E-state index contributed by atoms with van der Waals surface area (Å²) >= 11 is 0. The maximum Gasteiger partial charge on any atom is 0.196 e. The van der Waals surface area contributed by atoms with Crippen molar-refractivity contribution in [1.29, 1.82) is 0 Å². The third-order valence-corrected chi connectivity index (χ3v) is 4.67. The lowest BCUT2D eigenvalue weighted by Crippen LogP contribution is -2.26. The number of rotatable bonds is 4. The average Bonchev–Trinajstić information content (AvgIpc) is 2.59. The zero-order chi connectivity index (χ0) is 17.4. The number of carbonyl (C=O) groups excluding carboxylic acids is 2. The molecule has 24 heavy (non-hydrogen) atoms. The smallest absolute Gasteiger partial charge is 0.196 e. The molecule has 0 aliphatic heterocycles. The van der Waals surface area contributed by atoms with E-state index < -0.39 is 0 Å². The van der Waals surface area contributed by atoms with Crippen molar-refractivity contribution in [2.24, 2.45) is 0 Å². The van der Waals surface area contributed by atoms with E-state index in [4.69, 9.17) is 11.5 Å². The Morgan fingerprint density at radius 3 is 1.46 bits per heavy atom. The quantitative estimate of drug-likeness (QED) is 0.719. The van der Waals surface area contributed by atoms with E-state index in [9.17, 15) is 9.59 Å². The Bertz CT molecular complexity index is 783. The molecule has 0 radical (unpaired) electrons. The molecule has 0 saturated carbocycles. The molecule has 0 fully saturated rings. The molecule has 0 aromatic heterocycles. The van der Waals surface area contributed by atoms with Crippen molar-refractivity contribution in [3.63, 3.8) is 0 Å². The Kier molecular flexibility index (Phi) is 4.14. The number of benzene rings is 2. The van der Waals surface area contributed by atoms with Gasteiger partial charge in [0.2, 0.25) is 0 Å². The summed E-state index contributed by atoms with van der Waals surface area (Å²) in [5.41, 5.74) is 16.9. The standard InChI is InChI=1S/C20H22N2O2/c1-3-7-11-12(8-4-2)18(22)16-15(17(11)21)19(23)13-9-5-6-10-14(13)20(16)24/h5-6,9-10H,3-4,7-8,21-22H2,1-2H3. The zero-order valence-corrected chi connectivity index (χ0v) is 14.1. The molecule has 0 heterocycles. The first kappa shape index (κ1) is 16.2. The Morgan fingerprint density at radius 2 is 1.12 bits per heavy atom. The average molecular weight is 322 g/mol. The fraction of sp³-hybridized carbons (Fsp3) is 0.300. The highest BCUT2D eigenvalue weighted by Gasteiger charge is 2.35. The number of ketones is 2. The second-order valence-corrected chi connectivity index (χ2v) is 6.24. The summed E-state index contributed by atoms with van der Waals surface area (Å²) in [6.07, 6.45) is 3.30. The molecule has 4 N–H and O–H groups in total. The first-order valence-corrected chi connectivity index (χ1v) is 8.43. The number of nitrogens with two attached hydrogens (primary N) is 2. The number of carbonyl (C=O) groups is 2. The van der Waals surface area contributed by atoms with E-state index in [0.29, 0.717) is 33.6 Å². The molecule has 0 atom stereocenters. The predicted octanol–water partition coefficient (Wildman–Crippen LogP) is 3.53. The third-order valence-electron chi connectivity index (χ3n) is 4.67. The van der Waals surface area contributed by atoms with Gasteiger partial charge in [0, 0.05) is 22.5 Å². The SMILES string of the molecule is CCCc1c(N)c2c(c(N)c1CCC)C(=O)c1ccccc1C2=O. The van der Waals surface area contributed by atoms with Gasteiger partial charge >= 0.3 is 0 Å². The van der Waals surface area contributed by atoms with Crippen molar-refractivity contribution in [1.82, 2.24) is 0 Å². The van der Waals surface area contributed by atoms with E-state index in [1.54, 1.807) is 24.3 Å². The molecule has 0 saturated heterocycles. The first-order valence-electron chi connectivity index (χ1n) is 8.43. The summed E-state index contributed by atoms with van der Waals surface area (Å²) in [6.45, 7) is 4.13. The molecule has 2 aromatic rings. The van der Waals surface area contributed by atoms with Crippen molar-refractivity contribution in [2.75, 3.05) is 11.5 Å². The molecule has 0 bridgehead atoms. The fourth-order valence-corrected chi connectivity index (χ4v) is 3.59. The van der Waals surface area contributed by atoms with E-state index in [2.05, 4.69) is 13.8 Å². The summed E-state index contributed by atoms with van der Waals surface area (Å²) in [5.74, 6) is -0.408. The van der Waals surface area contributed by atoms with Crippen LogP contribution in [0, 0.1) is 0 Å². The Hall–Kier alpha value is -2.62. The van der Waals surface area contributed by atoms with Gasteiger partial charge in [-0.3, -0.25) is 9.59 Å². The van der Waals surface area contributed by atoms with Crippen LogP contribution in [0.5, 0.6) is 0 Å². The summed E-state index contributed by atoms with van der Waals surface area (Å²) < 4.78 is 0. The van der Waals surface area contributed by atoms with Crippen LogP contribution in [0.25, 0.3) is 0 Å². The molecule has 0 spiro atoms. The lowest BCUT2D eigenvalue weighted by molar-refractivity contribution is 0.0980. The van der Waals surface area contributed by atoms with Crippen LogP contribution >= 0.6 is 0 Å². The van der Waals surface area contributed by atoms with Gasteiger partial charge in [-0.25, -0.2) is 0 Å². The van der Waals surface area contributed by atoms with E-state index >= 15 is 0 Å². The molecule has 1 aliphatic carbocycles. The highest BCUT2D eigenvalue weighted by Crippen LogP contribution is 2.40. The molecule has 4 heteroatoms. The minimum absolute atomic E-state index is 0.204. The van der Waals surface area contributed by atoms with Crippen molar-refractivity contribution >= 4 is 22.9 Å². The minimum Gasteiger partial charge on any atom is -0.398 e. The zero-order valence-electron chi connectivity index (χ0n) is 14.1. The van der Waals surface area contributed by atoms with E-state index in [-0.39, 0.29) is 11.6 Å². The third kappa shape index (κ3) is 2.21. The van der Waals surface area contributed by atoms with Crippen LogP contribution in [-0.2, 0) is 12.8 Å². The van der Waals surface area contributed by atoms with Crippen LogP contribution in [0.2, 0.25) is 0 Å². The van der Waals surface area contributed by atoms with Crippen LogP contribution < -0.4 is 11.5 Å². The van der Waals surface area contributed by atoms with E-state index in [1.807, 2.05) is 0 Å². The Morgan fingerprint density at radius 1 is 0.750 bits per heavy atom. The number of hydrogen-bond donors (Lipinski definition) is 2. The van der Waals surface area contributed by atoms with Gasteiger partial charge < -0.3 is 11.5 Å². The summed E-state index contributed by atoms with van der Waals surface area (Å²) in [5, 5.41) is 0. The number of nitrogen functional groups attached to an aromatic ring is 2. The lowest BCUT2D eigenvalue weighted by Gasteiger charge is -2.25. The van der Waals surface area contributed by atoms with Gasteiger partial charge in [-0.2, -0.15) is 0 Å². The monoisotopic (exact) mass is 322 g/mol. The van der Waals surface area contributed by atoms with Crippen LogP contribution in [-0.4, -0.2) is 11.6 Å². The fourth-order valence-electron chi connectivity index (χ4n) is 3.59. The number of fused-ring (bicyclic) bond motifs is 2. The molecular formula is C20H22N2O2. The van der Waals surface area contributed by atoms with Crippen LogP contribution in [0.15, 0.2) is 24.3 Å². The molecule has 2 aromatic carbocycles. The van der Waals surface area contributed by atoms with Gasteiger partial charge in [-0.1, -0.05) is 51.0 Å². The van der Waals surface area contributed by atoms with Gasteiger partial charge in [0.15, 0.2) is 11.6 Å². The van der Waals surface area contributed by atoms with Gasteiger partial charge in [0.05, 0.1) is 11.1 Å². The van der Waals surface area contributed by atoms with Crippen molar-refractivity contribution in [3.05, 3.63) is 57.6 Å². The lowest BCUT2D eigenvalue weighted by atomic mass is 9.78. The second kappa shape index (κ2) is 6.11. The van der Waals surface area contributed by atoms with Crippen molar-refractivity contribution in [3.8, 4) is 0 Å². The van der Waals surface area contributed by atoms with Gasteiger partial charge in [0.25, 0.3) is 0 Å². The maximum absolute atomic E-state index is 13.0. The van der Waals surface area contributed by atoms with Gasteiger partial charge in [-0.15, -0.1) is 0 Å². The predicted molar refractivity (Wildman–Crippen MR) is 96.6 cm³/mol. The topological polar surface area (TPSA) is 86.2 Å². The summed E-state index contributed by atoms with van der Waals surface area (Å²) in [6, 6.07) is 6.86. The summed E-state index contributed by atoms with van der Waals surface area (Å²) in [7, 11) is 0. The highest BCUT2D eigenvalue weighted by molar-refractivity contribution is 6.32. The van der Waals surface area contributed by atoms with Gasteiger partial charge in [-0.05, 0) is 24.0 Å². The largest absolute Gasteiger partial charge is 0.398 e. The van der Waals surface area contributed by atoms with Crippen LogP contribution in [0.1, 0.15) is 69.7 Å². The Labute approximate surface area is 141 Å². The van der Waals surface area contributed by atoms with Crippen LogP contribution in [0.4, 0.5) is 11.4 Å². The van der Waals surface area contributed by atoms with E-state index in [0.717, 1.165) is 36.8 Å². The normalized spacial score (nSPS) is 12.9. The Balaban J connectivity index is 2.36. The minimum atomic E-state index is -0.204. The molecule has 4 nitrogen and oxygen atoms in total. The molecule has 1 aliphatic rings. The van der Waals surface area contributed by atoms with Gasteiger partial charge in [0.1, 0.15) is 0 Å². The number of anilines is 2. The molecule has 0 unspecified atom stereocenters. The molecule has 124 valence electrons.